The molecule has 0 radical (unpaired) electrons. The van der Waals surface area contributed by atoms with Crippen molar-refractivity contribution < 1.29 is 14.3 Å². The van der Waals surface area contributed by atoms with Gasteiger partial charge in [0.2, 0.25) is 0 Å². The first-order chi connectivity index (χ1) is 11.4. The average molecular weight is 331 g/mol. The van der Waals surface area contributed by atoms with Crippen LogP contribution in [0.3, 0.4) is 0 Å². The van der Waals surface area contributed by atoms with Crippen LogP contribution in [0.1, 0.15) is 26.3 Å². The minimum Gasteiger partial charge on any atom is -0.373 e. The van der Waals surface area contributed by atoms with Gasteiger partial charge in [-0.1, -0.05) is 17.7 Å². The number of benzene rings is 1. The third-order valence-corrected chi connectivity index (χ3v) is 4.60. The van der Waals surface area contributed by atoms with Gasteiger partial charge in [-0.2, -0.15) is 0 Å². The van der Waals surface area contributed by atoms with Crippen LogP contribution >= 0.6 is 0 Å². The smallest absolute Gasteiger partial charge is 0.333 e. The van der Waals surface area contributed by atoms with E-state index in [0.29, 0.717) is 6.67 Å². The molecule has 3 rings (SSSR count). The van der Waals surface area contributed by atoms with Crippen molar-refractivity contribution in [2.24, 2.45) is 0 Å². The summed E-state index contributed by atoms with van der Waals surface area (Å²) in [4.78, 5) is 30.5. The lowest BCUT2D eigenvalue weighted by molar-refractivity contribution is -0.131. The Bertz CT molecular complexity index is 621. The van der Waals surface area contributed by atoms with Crippen LogP contribution in [0.4, 0.5) is 10.5 Å². The zero-order chi connectivity index (χ0) is 17.4. The predicted octanol–water partition coefficient (Wildman–Crippen LogP) is 2.22. The number of morpholine rings is 1. The molecule has 0 spiro atoms. The molecule has 0 saturated carbocycles. The van der Waals surface area contributed by atoms with Crippen molar-refractivity contribution in [2.45, 2.75) is 45.9 Å². The molecule has 1 aromatic rings. The molecule has 3 unspecified atom stereocenters. The summed E-state index contributed by atoms with van der Waals surface area (Å²) in [6, 6.07) is 6.96. The van der Waals surface area contributed by atoms with Crippen LogP contribution in [0.5, 0.6) is 0 Å². The Morgan fingerprint density at radius 2 is 1.62 bits per heavy atom. The fourth-order valence-electron chi connectivity index (χ4n) is 3.50. The van der Waals surface area contributed by atoms with Crippen LogP contribution < -0.4 is 4.90 Å². The molecule has 0 N–H and O–H groups in total. The number of hydrogen-bond donors (Lipinski definition) is 0. The number of carbonyl (C=O) groups excluding carboxylic acids is 2. The number of hydrogen-bond acceptors (Lipinski definition) is 4. The lowest BCUT2D eigenvalue weighted by Crippen LogP contribution is -2.51. The molecule has 0 bridgehead atoms. The molecule has 24 heavy (non-hydrogen) atoms. The number of rotatable bonds is 3. The average Bonchev–Trinajstić information content (AvgIpc) is 2.71. The molecule has 2 saturated heterocycles. The molecule has 3 atom stereocenters. The number of nitrogens with zero attached hydrogens (tertiary/aromatic N) is 3. The molecular weight excluding hydrogens is 306 g/mol. The Labute approximate surface area is 143 Å². The van der Waals surface area contributed by atoms with Crippen LogP contribution in [-0.4, -0.2) is 59.7 Å². The Balaban J connectivity index is 1.76. The van der Waals surface area contributed by atoms with E-state index >= 15 is 0 Å². The molecule has 2 aliphatic rings. The summed E-state index contributed by atoms with van der Waals surface area (Å²) >= 11 is 0. The van der Waals surface area contributed by atoms with Crippen molar-refractivity contribution in [2.75, 3.05) is 24.7 Å². The monoisotopic (exact) mass is 331 g/mol. The van der Waals surface area contributed by atoms with Crippen LogP contribution in [0.2, 0.25) is 0 Å². The SMILES string of the molecule is Cc1ccc(N2C(=O)N(CN3CC(C)OC(C)C3)C(=O)C2C)cc1. The number of urea groups is 1. The number of amides is 3. The zero-order valence-corrected chi connectivity index (χ0v) is 14.7. The number of carbonyl (C=O) groups is 2. The normalized spacial score (nSPS) is 28.8. The van der Waals surface area contributed by atoms with Gasteiger partial charge in [-0.25, -0.2) is 9.69 Å². The molecule has 0 aliphatic carbocycles. The summed E-state index contributed by atoms with van der Waals surface area (Å²) in [5.74, 6) is -0.146. The Kier molecular flexibility index (Phi) is 4.60. The first kappa shape index (κ1) is 16.9. The number of aryl methyl sites for hydroxylation is 1. The number of imide groups is 1. The minimum absolute atomic E-state index is 0.104. The van der Waals surface area contributed by atoms with Gasteiger partial charge in [0, 0.05) is 18.8 Å². The van der Waals surface area contributed by atoms with E-state index < -0.39 is 6.04 Å². The summed E-state index contributed by atoms with van der Waals surface area (Å²) in [7, 11) is 0. The second-order valence-corrected chi connectivity index (χ2v) is 6.87. The van der Waals surface area contributed by atoms with E-state index in [2.05, 4.69) is 4.90 Å². The van der Waals surface area contributed by atoms with Gasteiger partial charge in [-0.3, -0.25) is 14.6 Å². The van der Waals surface area contributed by atoms with Crippen molar-refractivity contribution in [3.05, 3.63) is 29.8 Å². The Morgan fingerprint density at radius 1 is 1.04 bits per heavy atom. The molecule has 1 aromatic carbocycles. The topological polar surface area (TPSA) is 53.1 Å². The van der Waals surface area contributed by atoms with Gasteiger partial charge in [-0.15, -0.1) is 0 Å². The van der Waals surface area contributed by atoms with E-state index in [0.717, 1.165) is 24.3 Å². The molecule has 2 aliphatic heterocycles. The van der Waals surface area contributed by atoms with E-state index in [1.165, 1.54) is 4.90 Å². The summed E-state index contributed by atoms with van der Waals surface area (Å²) < 4.78 is 5.72. The third-order valence-electron chi connectivity index (χ3n) is 4.60. The van der Waals surface area contributed by atoms with E-state index in [4.69, 9.17) is 4.74 Å². The van der Waals surface area contributed by atoms with Crippen molar-refractivity contribution in [3.63, 3.8) is 0 Å². The summed E-state index contributed by atoms with van der Waals surface area (Å²) in [6.07, 6.45) is 0.208. The Morgan fingerprint density at radius 3 is 2.21 bits per heavy atom. The van der Waals surface area contributed by atoms with Crippen molar-refractivity contribution in [1.29, 1.82) is 0 Å². The summed E-state index contributed by atoms with van der Waals surface area (Å²) in [6.45, 7) is 9.57. The molecule has 3 amide bonds. The second kappa shape index (κ2) is 6.53. The van der Waals surface area contributed by atoms with Gasteiger partial charge in [0.05, 0.1) is 18.9 Å². The molecule has 2 fully saturated rings. The first-order valence-electron chi connectivity index (χ1n) is 8.46. The maximum atomic E-state index is 12.8. The molecule has 2 heterocycles. The van der Waals surface area contributed by atoms with Gasteiger partial charge in [0.25, 0.3) is 5.91 Å². The van der Waals surface area contributed by atoms with Crippen LogP contribution in [0.25, 0.3) is 0 Å². The fourth-order valence-corrected chi connectivity index (χ4v) is 3.50. The Hall–Kier alpha value is -1.92. The summed E-state index contributed by atoms with van der Waals surface area (Å²) in [5, 5.41) is 0. The van der Waals surface area contributed by atoms with E-state index in [1.54, 1.807) is 11.8 Å². The van der Waals surface area contributed by atoms with Crippen molar-refractivity contribution >= 4 is 17.6 Å². The van der Waals surface area contributed by atoms with Gasteiger partial charge in [0.1, 0.15) is 6.04 Å². The third kappa shape index (κ3) is 3.16. The van der Waals surface area contributed by atoms with Gasteiger partial charge < -0.3 is 4.74 Å². The standard InChI is InChI=1S/C18H25N3O3/c1-12-5-7-16(8-6-12)21-15(4)17(22)20(18(21)23)11-19-9-13(2)24-14(3)10-19/h5-8,13-15H,9-11H2,1-4H3. The lowest BCUT2D eigenvalue weighted by atomic mass is 10.2. The highest BCUT2D eigenvalue weighted by molar-refractivity contribution is 6.14. The maximum Gasteiger partial charge on any atom is 0.333 e. The van der Waals surface area contributed by atoms with Gasteiger partial charge in [0.15, 0.2) is 0 Å². The molecule has 6 heteroatoms. The number of anilines is 1. The zero-order valence-electron chi connectivity index (χ0n) is 14.7. The van der Waals surface area contributed by atoms with Crippen LogP contribution in [-0.2, 0) is 9.53 Å². The largest absolute Gasteiger partial charge is 0.373 e. The molecule has 0 aromatic heterocycles. The summed E-state index contributed by atoms with van der Waals surface area (Å²) in [5.41, 5.74) is 1.88. The maximum absolute atomic E-state index is 12.8. The highest BCUT2D eigenvalue weighted by atomic mass is 16.5. The first-order valence-corrected chi connectivity index (χ1v) is 8.46. The van der Waals surface area contributed by atoms with E-state index in [1.807, 2.05) is 45.0 Å². The fraction of sp³-hybridized carbons (Fsp3) is 0.556. The second-order valence-electron chi connectivity index (χ2n) is 6.87. The van der Waals surface area contributed by atoms with E-state index in [-0.39, 0.29) is 24.1 Å². The lowest BCUT2D eigenvalue weighted by Gasteiger charge is -2.36. The minimum atomic E-state index is -0.476. The van der Waals surface area contributed by atoms with Crippen LogP contribution in [0.15, 0.2) is 24.3 Å². The molecule has 130 valence electrons. The number of ether oxygens (including phenoxy) is 1. The van der Waals surface area contributed by atoms with Crippen LogP contribution in [0, 0.1) is 6.92 Å². The van der Waals surface area contributed by atoms with Gasteiger partial charge >= 0.3 is 6.03 Å². The van der Waals surface area contributed by atoms with Gasteiger partial charge in [-0.05, 0) is 39.8 Å². The molecule has 6 nitrogen and oxygen atoms in total. The predicted molar refractivity (Wildman–Crippen MR) is 91.8 cm³/mol. The highest BCUT2D eigenvalue weighted by Gasteiger charge is 2.44. The van der Waals surface area contributed by atoms with Crippen molar-refractivity contribution in [1.82, 2.24) is 9.80 Å². The van der Waals surface area contributed by atoms with E-state index in [9.17, 15) is 9.59 Å². The quantitative estimate of drug-likeness (QED) is 0.797. The highest BCUT2D eigenvalue weighted by Crippen LogP contribution is 2.26. The van der Waals surface area contributed by atoms with Crippen molar-refractivity contribution in [3.8, 4) is 0 Å². The molecular formula is C18H25N3O3.